The van der Waals surface area contributed by atoms with Crippen LogP contribution in [0, 0.1) is 0 Å². The molecule has 2 rings (SSSR count). The van der Waals surface area contributed by atoms with E-state index in [-0.39, 0.29) is 16.5 Å². The second-order valence-corrected chi connectivity index (χ2v) is 6.20. The molecule has 1 heterocycles. The van der Waals surface area contributed by atoms with Crippen molar-refractivity contribution in [1.82, 2.24) is 10.2 Å². The lowest BCUT2D eigenvalue weighted by Gasteiger charge is -2.10. The molecule has 114 valence electrons. The molecule has 0 spiro atoms. The Balaban J connectivity index is 2.29. The number of nitrogens with two attached hydrogens (primary N) is 1. The largest absolute Gasteiger partial charge is 0.495 e. The van der Waals surface area contributed by atoms with Gasteiger partial charge >= 0.3 is 0 Å². The van der Waals surface area contributed by atoms with Gasteiger partial charge in [0, 0.05) is 23.5 Å². The zero-order valence-corrected chi connectivity index (χ0v) is 12.7. The molecule has 1 aromatic carbocycles. The number of aromatic amines is 1. The molecule has 2 aromatic rings. The fourth-order valence-corrected chi connectivity index (χ4v) is 3.05. The van der Waals surface area contributed by atoms with Crippen LogP contribution in [0.5, 0.6) is 5.75 Å². The standard InChI is InChI=1S/C13H18N4O3S/c1-3-4-10-8-13(16-15-10)17-21(18,19)12-6-5-9(14)7-11(12)20-2/h5-8H,3-4,14H2,1-2H3,(H2,15,16,17). The Kier molecular flexibility index (Phi) is 4.37. The molecular weight excluding hydrogens is 292 g/mol. The number of methoxy groups -OCH3 is 1. The smallest absolute Gasteiger partial charge is 0.266 e. The van der Waals surface area contributed by atoms with Gasteiger partial charge in [-0.1, -0.05) is 13.3 Å². The van der Waals surface area contributed by atoms with E-state index in [0.29, 0.717) is 5.69 Å². The van der Waals surface area contributed by atoms with Gasteiger partial charge in [0.15, 0.2) is 5.82 Å². The highest BCUT2D eigenvalue weighted by Gasteiger charge is 2.20. The Morgan fingerprint density at radius 2 is 2.14 bits per heavy atom. The van der Waals surface area contributed by atoms with Crippen LogP contribution in [-0.2, 0) is 16.4 Å². The van der Waals surface area contributed by atoms with Gasteiger partial charge < -0.3 is 10.5 Å². The zero-order chi connectivity index (χ0) is 15.5. The number of nitrogen functional groups attached to an aromatic ring is 1. The summed E-state index contributed by atoms with van der Waals surface area (Å²) in [5.41, 5.74) is 6.92. The summed E-state index contributed by atoms with van der Waals surface area (Å²) >= 11 is 0. The van der Waals surface area contributed by atoms with Crippen LogP contribution < -0.4 is 15.2 Å². The Hall–Kier alpha value is -2.22. The number of nitrogens with one attached hydrogen (secondary N) is 2. The van der Waals surface area contributed by atoms with Crippen LogP contribution in [0.1, 0.15) is 19.0 Å². The molecule has 0 aliphatic rings. The van der Waals surface area contributed by atoms with E-state index in [1.54, 1.807) is 6.07 Å². The molecule has 0 aliphatic heterocycles. The van der Waals surface area contributed by atoms with Gasteiger partial charge in [-0.15, -0.1) is 0 Å². The Morgan fingerprint density at radius 3 is 2.81 bits per heavy atom. The average Bonchev–Trinajstić information content (AvgIpc) is 2.85. The van der Waals surface area contributed by atoms with Gasteiger partial charge in [0.25, 0.3) is 10.0 Å². The number of benzene rings is 1. The van der Waals surface area contributed by atoms with Gasteiger partial charge in [-0.05, 0) is 18.6 Å². The van der Waals surface area contributed by atoms with Gasteiger partial charge in [-0.25, -0.2) is 8.42 Å². The molecular formula is C13H18N4O3S. The molecule has 1 aromatic heterocycles. The van der Waals surface area contributed by atoms with E-state index < -0.39 is 10.0 Å². The normalized spacial score (nSPS) is 11.3. The minimum absolute atomic E-state index is 0.0132. The maximum atomic E-state index is 12.4. The highest BCUT2D eigenvalue weighted by Crippen LogP contribution is 2.27. The van der Waals surface area contributed by atoms with Crippen LogP contribution in [-0.4, -0.2) is 25.7 Å². The van der Waals surface area contributed by atoms with E-state index in [2.05, 4.69) is 14.9 Å². The van der Waals surface area contributed by atoms with Gasteiger partial charge in [-0.2, -0.15) is 5.10 Å². The molecule has 0 fully saturated rings. The SMILES string of the molecule is CCCc1cc(NS(=O)(=O)c2ccc(N)cc2OC)n[nH]1. The number of sulfonamides is 1. The van der Waals surface area contributed by atoms with Crippen LogP contribution in [0.15, 0.2) is 29.2 Å². The molecule has 8 heteroatoms. The quantitative estimate of drug-likeness (QED) is 0.704. The minimum atomic E-state index is -3.79. The summed E-state index contributed by atoms with van der Waals surface area (Å²) in [6.45, 7) is 2.03. The molecule has 0 saturated heterocycles. The average molecular weight is 310 g/mol. The Labute approximate surface area is 123 Å². The Morgan fingerprint density at radius 1 is 1.38 bits per heavy atom. The summed E-state index contributed by atoms with van der Waals surface area (Å²) in [5, 5.41) is 6.73. The lowest BCUT2D eigenvalue weighted by atomic mass is 10.2. The van der Waals surface area contributed by atoms with Crippen LogP contribution in [0.3, 0.4) is 0 Å². The van der Waals surface area contributed by atoms with Crippen LogP contribution in [0.25, 0.3) is 0 Å². The molecule has 7 nitrogen and oxygen atoms in total. The molecule has 4 N–H and O–H groups in total. The van der Waals surface area contributed by atoms with Crippen LogP contribution in [0.4, 0.5) is 11.5 Å². The number of aromatic nitrogens is 2. The fraction of sp³-hybridized carbons (Fsp3) is 0.308. The van der Waals surface area contributed by atoms with E-state index in [9.17, 15) is 8.42 Å². The van der Waals surface area contributed by atoms with E-state index in [0.717, 1.165) is 18.5 Å². The summed E-state index contributed by atoms with van der Waals surface area (Å²) in [7, 11) is -2.40. The highest BCUT2D eigenvalue weighted by atomic mass is 32.2. The van der Waals surface area contributed by atoms with Crippen molar-refractivity contribution in [1.29, 1.82) is 0 Å². The van der Waals surface area contributed by atoms with Crippen molar-refractivity contribution in [3.8, 4) is 5.75 Å². The number of hydrogen-bond donors (Lipinski definition) is 3. The summed E-state index contributed by atoms with van der Waals surface area (Å²) in [6, 6.07) is 6.03. The van der Waals surface area contributed by atoms with E-state index >= 15 is 0 Å². The van der Waals surface area contributed by atoms with Gasteiger partial charge in [0.1, 0.15) is 10.6 Å². The number of rotatable bonds is 6. The van der Waals surface area contributed by atoms with Crippen LogP contribution >= 0.6 is 0 Å². The zero-order valence-electron chi connectivity index (χ0n) is 11.9. The summed E-state index contributed by atoms with van der Waals surface area (Å²) < 4.78 is 32.2. The van der Waals surface area contributed by atoms with Gasteiger partial charge in [0.05, 0.1) is 7.11 Å². The first-order valence-corrected chi connectivity index (χ1v) is 7.95. The maximum Gasteiger partial charge on any atom is 0.266 e. The predicted octanol–water partition coefficient (Wildman–Crippen LogP) is 1.75. The first-order chi connectivity index (χ1) is 9.96. The maximum absolute atomic E-state index is 12.4. The number of H-pyrrole nitrogens is 1. The lowest BCUT2D eigenvalue weighted by Crippen LogP contribution is -2.14. The number of hydrogen-bond acceptors (Lipinski definition) is 5. The molecule has 0 unspecified atom stereocenters. The van der Waals surface area contributed by atoms with Crippen molar-refractivity contribution in [2.24, 2.45) is 0 Å². The van der Waals surface area contributed by atoms with E-state index in [1.165, 1.54) is 25.3 Å². The van der Waals surface area contributed by atoms with E-state index in [1.807, 2.05) is 6.92 Å². The summed E-state index contributed by atoms with van der Waals surface area (Å²) in [5.74, 6) is 0.434. The molecule has 0 bridgehead atoms. The molecule has 21 heavy (non-hydrogen) atoms. The first kappa shape index (κ1) is 15.2. The molecule has 0 amide bonds. The molecule has 0 aliphatic carbocycles. The molecule has 0 radical (unpaired) electrons. The second-order valence-electron chi connectivity index (χ2n) is 4.54. The lowest BCUT2D eigenvalue weighted by molar-refractivity contribution is 0.403. The number of ether oxygens (including phenoxy) is 1. The first-order valence-electron chi connectivity index (χ1n) is 6.47. The molecule has 0 saturated carbocycles. The van der Waals surface area contributed by atoms with Crippen molar-refractivity contribution >= 4 is 21.5 Å². The fourth-order valence-electron chi connectivity index (χ4n) is 1.91. The van der Waals surface area contributed by atoms with E-state index in [4.69, 9.17) is 10.5 Å². The number of nitrogens with zero attached hydrogens (tertiary/aromatic N) is 1. The predicted molar refractivity (Wildman–Crippen MR) is 80.8 cm³/mol. The summed E-state index contributed by atoms with van der Waals surface area (Å²) in [4.78, 5) is 0.0132. The van der Waals surface area contributed by atoms with Gasteiger partial charge in [-0.3, -0.25) is 9.82 Å². The third-order valence-corrected chi connectivity index (χ3v) is 4.26. The van der Waals surface area contributed by atoms with Crippen molar-refractivity contribution < 1.29 is 13.2 Å². The Bertz CT molecular complexity index is 725. The second kappa shape index (κ2) is 6.04. The van der Waals surface area contributed by atoms with Gasteiger partial charge in [0.2, 0.25) is 0 Å². The van der Waals surface area contributed by atoms with Crippen LogP contribution in [0.2, 0.25) is 0 Å². The third-order valence-electron chi connectivity index (χ3n) is 2.87. The van der Waals surface area contributed by atoms with Crippen molar-refractivity contribution in [3.63, 3.8) is 0 Å². The third kappa shape index (κ3) is 3.46. The number of anilines is 2. The summed E-state index contributed by atoms with van der Waals surface area (Å²) in [6.07, 6.45) is 1.75. The van der Waals surface area contributed by atoms with Crippen molar-refractivity contribution in [2.75, 3.05) is 17.6 Å². The molecule has 0 atom stereocenters. The monoisotopic (exact) mass is 310 g/mol. The highest BCUT2D eigenvalue weighted by molar-refractivity contribution is 7.92. The van der Waals surface area contributed by atoms with Crippen molar-refractivity contribution in [3.05, 3.63) is 30.0 Å². The minimum Gasteiger partial charge on any atom is -0.495 e. The number of aryl methyl sites for hydroxylation is 1. The van der Waals surface area contributed by atoms with Crippen molar-refractivity contribution in [2.45, 2.75) is 24.7 Å². The topological polar surface area (TPSA) is 110 Å².